The number of carbonyl (C=O) groups is 1. The topological polar surface area (TPSA) is 75.5 Å². The smallest absolute Gasteiger partial charge is 0.305 e. The van der Waals surface area contributed by atoms with Gasteiger partial charge in [0.15, 0.2) is 10.9 Å². The molecular formula is C19H18ClN3O3S. The van der Waals surface area contributed by atoms with E-state index >= 15 is 0 Å². The predicted octanol–water partition coefficient (Wildman–Crippen LogP) is 4.42. The zero-order valence-electron chi connectivity index (χ0n) is 14.8. The van der Waals surface area contributed by atoms with Crippen LogP contribution in [0, 0.1) is 6.92 Å². The maximum atomic E-state index is 12.4. The molecule has 0 saturated carbocycles. The van der Waals surface area contributed by atoms with Crippen LogP contribution in [0.4, 0.5) is 5.69 Å². The highest BCUT2D eigenvalue weighted by molar-refractivity contribution is 7.80. The van der Waals surface area contributed by atoms with Gasteiger partial charge in [0.1, 0.15) is 11.3 Å². The Balaban J connectivity index is 1.66. The van der Waals surface area contributed by atoms with Crippen LogP contribution in [-0.4, -0.2) is 17.6 Å². The van der Waals surface area contributed by atoms with Crippen LogP contribution in [0.15, 0.2) is 46.9 Å². The van der Waals surface area contributed by atoms with Gasteiger partial charge in [-0.2, -0.15) is 0 Å². The van der Waals surface area contributed by atoms with E-state index in [0.717, 1.165) is 22.4 Å². The number of anilines is 1. The van der Waals surface area contributed by atoms with Crippen molar-refractivity contribution < 1.29 is 13.9 Å². The van der Waals surface area contributed by atoms with Gasteiger partial charge in [-0.15, -0.1) is 0 Å². The minimum atomic E-state index is -0.429. The highest BCUT2D eigenvalue weighted by Crippen LogP contribution is 2.28. The Morgan fingerprint density at radius 3 is 2.63 bits per heavy atom. The largest absolute Gasteiger partial charge is 0.494 e. The summed E-state index contributed by atoms with van der Waals surface area (Å²) in [6.07, 6.45) is 0. The third kappa shape index (κ3) is 4.50. The van der Waals surface area contributed by atoms with Gasteiger partial charge in [0.2, 0.25) is 0 Å². The molecule has 0 aliphatic rings. The number of amides is 1. The summed E-state index contributed by atoms with van der Waals surface area (Å²) in [6, 6.07) is 12.5. The van der Waals surface area contributed by atoms with Gasteiger partial charge in [-0.1, -0.05) is 11.6 Å². The zero-order valence-corrected chi connectivity index (χ0v) is 16.3. The minimum Gasteiger partial charge on any atom is -0.494 e. The molecule has 1 aromatic heterocycles. The summed E-state index contributed by atoms with van der Waals surface area (Å²) >= 11 is 11.0. The number of nitrogens with one attached hydrogen (secondary N) is 3. The molecule has 0 atom stereocenters. The Kier molecular flexibility index (Phi) is 5.83. The molecule has 27 heavy (non-hydrogen) atoms. The van der Waals surface area contributed by atoms with Gasteiger partial charge in [0.25, 0.3) is 0 Å². The van der Waals surface area contributed by atoms with E-state index in [1.165, 1.54) is 0 Å². The summed E-state index contributed by atoms with van der Waals surface area (Å²) in [5.41, 5.74) is 7.26. The number of ether oxygens (including phenoxy) is 1. The number of rotatable bonds is 4. The molecular weight excluding hydrogens is 386 g/mol. The molecule has 0 bridgehead atoms. The number of fused-ring (bicyclic) bond motifs is 1. The molecule has 0 aliphatic carbocycles. The van der Waals surface area contributed by atoms with Crippen LogP contribution >= 0.6 is 23.8 Å². The molecule has 0 saturated heterocycles. The number of hydrazine groups is 1. The summed E-state index contributed by atoms with van der Waals surface area (Å²) in [5.74, 6) is 0.509. The lowest BCUT2D eigenvalue weighted by Gasteiger charge is -2.11. The molecule has 3 rings (SSSR count). The number of aryl methyl sites for hydroxylation is 1. The number of hydrogen-bond acceptors (Lipinski definition) is 4. The second-order valence-electron chi connectivity index (χ2n) is 5.69. The van der Waals surface area contributed by atoms with E-state index in [4.69, 9.17) is 33.0 Å². The van der Waals surface area contributed by atoms with Crippen molar-refractivity contribution in [2.24, 2.45) is 0 Å². The van der Waals surface area contributed by atoms with E-state index in [2.05, 4.69) is 16.2 Å². The van der Waals surface area contributed by atoms with Crippen molar-refractivity contribution in [3.8, 4) is 5.75 Å². The summed E-state index contributed by atoms with van der Waals surface area (Å²) in [7, 11) is 0. The number of carbonyl (C=O) groups excluding carboxylic acids is 1. The van der Waals surface area contributed by atoms with E-state index in [0.29, 0.717) is 17.2 Å². The molecule has 0 spiro atoms. The lowest BCUT2D eigenvalue weighted by molar-refractivity contribution is 0.0917. The fourth-order valence-electron chi connectivity index (χ4n) is 2.54. The van der Waals surface area contributed by atoms with Crippen molar-refractivity contribution in [2.75, 3.05) is 11.9 Å². The third-order valence-electron chi connectivity index (χ3n) is 3.82. The molecule has 0 unspecified atom stereocenters. The molecule has 2 aromatic carbocycles. The summed E-state index contributed by atoms with van der Waals surface area (Å²) in [5, 5.41) is 4.63. The second-order valence-corrected chi connectivity index (χ2v) is 6.53. The predicted molar refractivity (Wildman–Crippen MR) is 110 cm³/mol. The van der Waals surface area contributed by atoms with Gasteiger partial charge in [-0.3, -0.25) is 15.6 Å². The fraction of sp³-hybridized carbons (Fsp3) is 0.158. The Bertz CT molecular complexity index is 986. The summed E-state index contributed by atoms with van der Waals surface area (Å²) < 4.78 is 11.2. The monoisotopic (exact) mass is 403 g/mol. The molecule has 6 nitrogen and oxygen atoms in total. The quantitative estimate of drug-likeness (QED) is 0.442. The molecule has 1 heterocycles. The standard InChI is InChI=1S/C19H18ClN3O3S/c1-3-25-14-8-9-16-15(10-14)11(2)17(26-16)18(24)22-23-19(27)21-13-6-4-12(20)5-7-13/h4-10H,3H2,1-2H3,(H,22,24)(H2,21,23,27). The Labute approximate surface area is 166 Å². The van der Waals surface area contributed by atoms with Crippen molar-refractivity contribution in [2.45, 2.75) is 13.8 Å². The maximum Gasteiger partial charge on any atom is 0.305 e. The van der Waals surface area contributed by atoms with Gasteiger partial charge >= 0.3 is 5.91 Å². The first-order chi connectivity index (χ1) is 13.0. The van der Waals surface area contributed by atoms with Crippen molar-refractivity contribution in [3.05, 3.63) is 58.8 Å². The van der Waals surface area contributed by atoms with Crippen LogP contribution in [0.3, 0.4) is 0 Å². The van der Waals surface area contributed by atoms with E-state index in [1.807, 2.05) is 19.9 Å². The number of thiocarbonyl (C=S) groups is 1. The number of halogens is 1. The molecule has 1 amide bonds. The van der Waals surface area contributed by atoms with Crippen LogP contribution in [0.5, 0.6) is 5.75 Å². The van der Waals surface area contributed by atoms with Gasteiger partial charge in [-0.25, -0.2) is 0 Å². The second kappa shape index (κ2) is 8.28. The molecule has 0 radical (unpaired) electrons. The van der Waals surface area contributed by atoms with Crippen molar-refractivity contribution in [1.29, 1.82) is 0 Å². The number of furan rings is 1. The van der Waals surface area contributed by atoms with Crippen LogP contribution in [0.2, 0.25) is 5.02 Å². The molecule has 0 aliphatic heterocycles. The Hall–Kier alpha value is -2.77. The molecule has 0 fully saturated rings. The minimum absolute atomic E-state index is 0.209. The Morgan fingerprint density at radius 1 is 1.19 bits per heavy atom. The number of benzene rings is 2. The van der Waals surface area contributed by atoms with Crippen molar-refractivity contribution >= 4 is 51.5 Å². The van der Waals surface area contributed by atoms with Crippen LogP contribution in [0.1, 0.15) is 23.0 Å². The van der Waals surface area contributed by atoms with Gasteiger partial charge < -0.3 is 14.5 Å². The van der Waals surface area contributed by atoms with Gasteiger partial charge in [0.05, 0.1) is 6.61 Å². The van der Waals surface area contributed by atoms with E-state index in [-0.39, 0.29) is 10.9 Å². The van der Waals surface area contributed by atoms with E-state index in [9.17, 15) is 4.79 Å². The number of hydrogen-bond donors (Lipinski definition) is 3. The maximum absolute atomic E-state index is 12.4. The van der Waals surface area contributed by atoms with Crippen LogP contribution < -0.4 is 20.9 Å². The van der Waals surface area contributed by atoms with Crippen molar-refractivity contribution in [1.82, 2.24) is 10.9 Å². The molecule has 3 N–H and O–H groups in total. The Morgan fingerprint density at radius 2 is 1.93 bits per heavy atom. The highest BCUT2D eigenvalue weighted by atomic mass is 35.5. The normalized spacial score (nSPS) is 10.5. The summed E-state index contributed by atoms with van der Waals surface area (Å²) in [4.78, 5) is 12.4. The molecule has 8 heteroatoms. The lowest BCUT2D eigenvalue weighted by atomic mass is 10.1. The van der Waals surface area contributed by atoms with E-state index < -0.39 is 5.91 Å². The van der Waals surface area contributed by atoms with E-state index in [1.54, 1.807) is 36.4 Å². The van der Waals surface area contributed by atoms with Crippen LogP contribution in [0.25, 0.3) is 11.0 Å². The van der Waals surface area contributed by atoms with Crippen molar-refractivity contribution in [3.63, 3.8) is 0 Å². The molecule has 3 aromatic rings. The van der Waals surface area contributed by atoms with Crippen LogP contribution in [-0.2, 0) is 0 Å². The molecule has 140 valence electrons. The zero-order chi connectivity index (χ0) is 19.4. The highest BCUT2D eigenvalue weighted by Gasteiger charge is 2.18. The first-order valence-corrected chi connectivity index (χ1v) is 9.05. The third-order valence-corrected chi connectivity index (χ3v) is 4.27. The lowest BCUT2D eigenvalue weighted by Crippen LogP contribution is -2.43. The first-order valence-electron chi connectivity index (χ1n) is 8.26. The van der Waals surface area contributed by atoms with Gasteiger partial charge in [0, 0.05) is 21.7 Å². The summed E-state index contributed by atoms with van der Waals surface area (Å²) in [6.45, 7) is 4.30. The first kappa shape index (κ1) is 19.0. The fourth-order valence-corrected chi connectivity index (χ4v) is 2.83. The average molecular weight is 404 g/mol. The SMILES string of the molecule is CCOc1ccc2oc(C(=O)NNC(=S)Nc3ccc(Cl)cc3)c(C)c2c1. The van der Waals surface area contributed by atoms with Gasteiger partial charge in [-0.05, 0) is 68.5 Å². The average Bonchev–Trinajstić information content (AvgIpc) is 2.98.